The van der Waals surface area contributed by atoms with Crippen molar-refractivity contribution in [3.05, 3.63) is 34.6 Å². The van der Waals surface area contributed by atoms with E-state index in [9.17, 15) is 14.3 Å². The van der Waals surface area contributed by atoms with Crippen molar-refractivity contribution in [1.29, 1.82) is 0 Å². The molecule has 0 radical (unpaired) electrons. The van der Waals surface area contributed by atoms with Crippen molar-refractivity contribution >= 4 is 17.5 Å². The van der Waals surface area contributed by atoms with Gasteiger partial charge in [-0.25, -0.2) is 4.39 Å². The monoisotopic (exact) mass is 273 g/mol. The van der Waals surface area contributed by atoms with Gasteiger partial charge in [-0.15, -0.1) is 0 Å². The van der Waals surface area contributed by atoms with E-state index in [1.165, 1.54) is 12.1 Å². The molecule has 0 fully saturated rings. The summed E-state index contributed by atoms with van der Waals surface area (Å²) in [5.74, 6) is -0.987. The van der Waals surface area contributed by atoms with Gasteiger partial charge in [0.1, 0.15) is 5.82 Å². The van der Waals surface area contributed by atoms with E-state index in [2.05, 4.69) is 5.32 Å². The molecule has 1 amide bonds. The van der Waals surface area contributed by atoms with E-state index in [1.807, 2.05) is 0 Å². The highest BCUT2D eigenvalue weighted by Gasteiger charge is 2.36. The first-order valence-corrected chi connectivity index (χ1v) is 5.92. The SMILES string of the molecule is CC(C)(O)C(C)(C)NC(=O)c1ccc(F)c(Cl)c1. The molecule has 1 aromatic rings. The molecule has 3 nitrogen and oxygen atoms in total. The third-order valence-corrected chi connectivity index (χ3v) is 3.43. The Kier molecular flexibility index (Phi) is 4.03. The number of carbonyl (C=O) groups is 1. The quantitative estimate of drug-likeness (QED) is 0.890. The Morgan fingerprint density at radius 1 is 1.33 bits per heavy atom. The molecular formula is C13H17ClFNO2. The average Bonchev–Trinajstić information content (AvgIpc) is 2.19. The molecule has 0 aliphatic heterocycles. The molecule has 0 aromatic heterocycles. The van der Waals surface area contributed by atoms with Gasteiger partial charge in [0.2, 0.25) is 0 Å². The minimum absolute atomic E-state index is 0.108. The van der Waals surface area contributed by atoms with Crippen LogP contribution in [-0.2, 0) is 0 Å². The Bertz CT molecular complexity index is 467. The molecule has 2 N–H and O–H groups in total. The summed E-state index contributed by atoms with van der Waals surface area (Å²) in [6, 6.07) is 3.73. The molecule has 0 aliphatic carbocycles. The van der Waals surface area contributed by atoms with Gasteiger partial charge in [0.25, 0.3) is 5.91 Å². The number of benzene rings is 1. The summed E-state index contributed by atoms with van der Waals surface area (Å²) in [7, 11) is 0. The molecule has 5 heteroatoms. The smallest absolute Gasteiger partial charge is 0.251 e. The van der Waals surface area contributed by atoms with E-state index in [0.717, 1.165) is 6.07 Å². The second-order valence-electron chi connectivity index (χ2n) is 5.27. The lowest BCUT2D eigenvalue weighted by Crippen LogP contribution is -2.57. The van der Waals surface area contributed by atoms with Gasteiger partial charge in [0.05, 0.1) is 16.2 Å². The Labute approximate surface area is 111 Å². The van der Waals surface area contributed by atoms with Crippen LogP contribution in [0.3, 0.4) is 0 Å². The minimum atomic E-state index is -1.09. The predicted octanol–water partition coefficient (Wildman–Crippen LogP) is 2.76. The maximum atomic E-state index is 13.0. The topological polar surface area (TPSA) is 49.3 Å². The normalized spacial score (nSPS) is 12.4. The first-order chi connectivity index (χ1) is 8.04. The van der Waals surface area contributed by atoms with Gasteiger partial charge in [-0.05, 0) is 45.9 Å². The lowest BCUT2D eigenvalue weighted by Gasteiger charge is -2.38. The van der Waals surface area contributed by atoms with Crippen molar-refractivity contribution in [2.45, 2.75) is 38.8 Å². The highest BCUT2D eigenvalue weighted by Crippen LogP contribution is 2.22. The van der Waals surface area contributed by atoms with Crippen molar-refractivity contribution < 1.29 is 14.3 Å². The van der Waals surface area contributed by atoms with Crippen LogP contribution in [0.5, 0.6) is 0 Å². The van der Waals surface area contributed by atoms with Crippen LogP contribution in [0.15, 0.2) is 18.2 Å². The first kappa shape index (κ1) is 14.9. The maximum Gasteiger partial charge on any atom is 0.251 e. The van der Waals surface area contributed by atoms with Crippen LogP contribution in [0, 0.1) is 5.82 Å². The van der Waals surface area contributed by atoms with Gasteiger partial charge in [0, 0.05) is 5.56 Å². The fraction of sp³-hybridized carbons (Fsp3) is 0.462. The number of hydrogen-bond acceptors (Lipinski definition) is 2. The summed E-state index contributed by atoms with van der Waals surface area (Å²) >= 11 is 5.61. The van der Waals surface area contributed by atoms with E-state index in [1.54, 1.807) is 27.7 Å². The first-order valence-electron chi connectivity index (χ1n) is 5.54. The molecule has 100 valence electrons. The van der Waals surface area contributed by atoms with E-state index < -0.39 is 22.9 Å². The number of halogens is 2. The zero-order valence-corrected chi connectivity index (χ0v) is 11.6. The largest absolute Gasteiger partial charge is 0.388 e. The summed E-state index contributed by atoms with van der Waals surface area (Å²) in [4.78, 5) is 12.0. The predicted molar refractivity (Wildman–Crippen MR) is 69.3 cm³/mol. The van der Waals surface area contributed by atoms with Crippen LogP contribution in [0.25, 0.3) is 0 Å². The number of hydrogen-bond donors (Lipinski definition) is 2. The molecule has 0 unspecified atom stereocenters. The highest BCUT2D eigenvalue weighted by molar-refractivity contribution is 6.31. The molecule has 1 rings (SSSR count). The molecule has 0 atom stereocenters. The second-order valence-corrected chi connectivity index (χ2v) is 5.67. The maximum absolute atomic E-state index is 13.0. The summed E-state index contributed by atoms with van der Waals surface area (Å²) in [6.45, 7) is 6.61. The molecule has 0 aliphatic rings. The van der Waals surface area contributed by atoms with Gasteiger partial charge < -0.3 is 10.4 Å². The Hall–Kier alpha value is -1.13. The van der Waals surface area contributed by atoms with Crippen molar-refractivity contribution in [1.82, 2.24) is 5.32 Å². The van der Waals surface area contributed by atoms with Gasteiger partial charge in [-0.3, -0.25) is 4.79 Å². The summed E-state index contributed by atoms with van der Waals surface area (Å²) in [5.41, 5.74) is -1.67. The summed E-state index contributed by atoms with van der Waals surface area (Å²) < 4.78 is 13.0. The molecule has 1 aromatic carbocycles. The minimum Gasteiger partial charge on any atom is -0.388 e. The molecule has 0 saturated carbocycles. The van der Waals surface area contributed by atoms with Gasteiger partial charge in [0.15, 0.2) is 0 Å². The number of rotatable bonds is 3. The van der Waals surface area contributed by atoms with Crippen molar-refractivity contribution in [2.75, 3.05) is 0 Å². The van der Waals surface area contributed by atoms with Crippen molar-refractivity contribution in [2.24, 2.45) is 0 Å². The van der Waals surface area contributed by atoms with E-state index in [0.29, 0.717) is 0 Å². The Morgan fingerprint density at radius 2 is 1.89 bits per heavy atom. The van der Waals surface area contributed by atoms with Crippen LogP contribution in [0.1, 0.15) is 38.1 Å². The summed E-state index contributed by atoms with van der Waals surface area (Å²) in [5, 5.41) is 12.5. The number of amides is 1. The number of nitrogens with one attached hydrogen (secondary N) is 1. The van der Waals surface area contributed by atoms with Crippen LogP contribution >= 0.6 is 11.6 Å². The van der Waals surface area contributed by atoms with Gasteiger partial charge in [-0.1, -0.05) is 11.6 Å². The van der Waals surface area contributed by atoms with Crippen LogP contribution in [0.4, 0.5) is 4.39 Å². The van der Waals surface area contributed by atoms with Crippen LogP contribution in [0.2, 0.25) is 5.02 Å². The third kappa shape index (κ3) is 3.21. The lowest BCUT2D eigenvalue weighted by molar-refractivity contribution is -0.00292. The van der Waals surface area contributed by atoms with Crippen molar-refractivity contribution in [3.8, 4) is 0 Å². The third-order valence-electron chi connectivity index (χ3n) is 3.14. The Morgan fingerprint density at radius 3 is 2.33 bits per heavy atom. The molecule has 0 saturated heterocycles. The number of aliphatic hydroxyl groups is 1. The fourth-order valence-electron chi connectivity index (χ4n) is 1.15. The molecular weight excluding hydrogens is 257 g/mol. The number of carbonyl (C=O) groups excluding carboxylic acids is 1. The lowest BCUT2D eigenvalue weighted by atomic mass is 9.86. The van der Waals surface area contributed by atoms with Crippen LogP contribution in [-0.4, -0.2) is 22.2 Å². The zero-order chi connectivity index (χ0) is 14.1. The van der Waals surface area contributed by atoms with Crippen LogP contribution < -0.4 is 5.32 Å². The standard InChI is InChI=1S/C13H17ClFNO2/c1-12(2,13(3,4)18)16-11(17)8-5-6-10(15)9(14)7-8/h5-7,18H,1-4H3,(H,16,17). The fourth-order valence-corrected chi connectivity index (χ4v) is 1.33. The van der Waals surface area contributed by atoms with E-state index in [4.69, 9.17) is 11.6 Å². The average molecular weight is 274 g/mol. The summed E-state index contributed by atoms with van der Waals surface area (Å²) in [6.07, 6.45) is 0. The van der Waals surface area contributed by atoms with E-state index in [-0.39, 0.29) is 10.6 Å². The molecule has 18 heavy (non-hydrogen) atoms. The van der Waals surface area contributed by atoms with E-state index >= 15 is 0 Å². The second kappa shape index (κ2) is 4.86. The highest BCUT2D eigenvalue weighted by atomic mass is 35.5. The van der Waals surface area contributed by atoms with Gasteiger partial charge >= 0.3 is 0 Å². The molecule has 0 bridgehead atoms. The van der Waals surface area contributed by atoms with Crippen molar-refractivity contribution in [3.63, 3.8) is 0 Å². The molecule has 0 spiro atoms. The zero-order valence-electron chi connectivity index (χ0n) is 10.8. The molecule has 0 heterocycles. The van der Waals surface area contributed by atoms with Gasteiger partial charge in [-0.2, -0.15) is 0 Å². The Balaban J connectivity index is 2.93.